The zero-order valence-corrected chi connectivity index (χ0v) is 19.7. The molecule has 2 atom stereocenters. The molecule has 0 bridgehead atoms. The number of carbonyl (C=O) groups is 5. The third kappa shape index (κ3) is 11.1. The Hall–Kier alpha value is -4.01. The Morgan fingerprint density at radius 2 is 1.54 bits per heavy atom. The molecule has 0 saturated carbocycles. The molecule has 0 aliphatic rings. The van der Waals surface area contributed by atoms with Crippen molar-refractivity contribution in [3.63, 3.8) is 0 Å². The van der Waals surface area contributed by atoms with E-state index in [0.717, 1.165) is 16.7 Å². The lowest BCUT2D eigenvalue weighted by Crippen LogP contribution is -2.42. The van der Waals surface area contributed by atoms with E-state index in [2.05, 4.69) is 5.32 Å². The van der Waals surface area contributed by atoms with Crippen LogP contribution in [0, 0.1) is 5.92 Å². The molecule has 0 heterocycles. The van der Waals surface area contributed by atoms with E-state index in [9.17, 15) is 19.2 Å². The summed E-state index contributed by atoms with van der Waals surface area (Å²) in [5.41, 5.74) is 8.54. The standard InChI is InChI=1S/C25H30N2O5.CH2O2/c1-2-21(22(28)16-20(25(26)32)13-15-24(30)31)27-23(29)14-10-17-8-11-19(12-9-17)18-6-4-3-5-7-18;2-1-3/h3-9,11-12,20-21H,2,10,13-16H2,1H3,(H2,26,32)(H,27,29)(H,30,31);1H,(H,2,3)/t20-,21+;/m1./s1. The van der Waals surface area contributed by atoms with Crippen molar-refractivity contribution in [3.05, 3.63) is 60.2 Å². The van der Waals surface area contributed by atoms with E-state index in [0.29, 0.717) is 12.8 Å². The molecule has 0 saturated heterocycles. The highest BCUT2D eigenvalue weighted by atomic mass is 16.4. The van der Waals surface area contributed by atoms with Gasteiger partial charge in [-0.05, 0) is 36.0 Å². The summed E-state index contributed by atoms with van der Waals surface area (Å²) in [4.78, 5) is 55.6. The van der Waals surface area contributed by atoms with Gasteiger partial charge in [-0.1, -0.05) is 61.5 Å². The first-order valence-electron chi connectivity index (χ1n) is 11.3. The summed E-state index contributed by atoms with van der Waals surface area (Å²) in [7, 11) is 0. The molecule has 0 aliphatic carbocycles. The van der Waals surface area contributed by atoms with Crippen LogP contribution in [0.1, 0.15) is 44.6 Å². The number of Topliss-reactive ketones (excluding diaryl/α,β-unsaturated/α-hetero) is 1. The summed E-state index contributed by atoms with van der Waals surface area (Å²) in [5, 5.41) is 18.4. The second-order valence-corrected chi connectivity index (χ2v) is 7.90. The van der Waals surface area contributed by atoms with E-state index in [1.807, 2.05) is 54.6 Å². The molecule has 2 rings (SSSR count). The first-order valence-corrected chi connectivity index (χ1v) is 11.3. The molecule has 2 aromatic rings. The van der Waals surface area contributed by atoms with Crippen LogP contribution in [0.3, 0.4) is 0 Å². The number of hydrogen-bond acceptors (Lipinski definition) is 5. The first kappa shape index (κ1) is 29.0. The monoisotopic (exact) mass is 484 g/mol. The molecule has 35 heavy (non-hydrogen) atoms. The van der Waals surface area contributed by atoms with E-state index in [-0.39, 0.29) is 43.8 Å². The van der Waals surface area contributed by atoms with Crippen LogP contribution in [0.4, 0.5) is 0 Å². The smallest absolute Gasteiger partial charge is 0.303 e. The summed E-state index contributed by atoms with van der Waals surface area (Å²) in [6.45, 7) is 1.52. The number of benzene rings is 2. The second-order valence-electron chi connectivity index (χ2n) is 7.90. The van der Waals surface area contributed by atoms with Crippen LogP contribution in [0.2, 0.25) is 0 Å². The van der Waals surface area contributed by atoms with E-state index in [1.165, 1.54) is 0 Å². The number of aryl methyl sites for hydroxylation is 1. The van der Waals surface area contributed by atoms with Gasteiger partial charge in [-0.3, -0.25) is 24.0 Å². The number of carboxylic acid groups (broad SMARTS) is 2. The van der Waals surface area contributed by atoms with Crippen molar-refractivity contribution in [1.82, 2.24) is 5.32 Å². The van der Waals surface area contributed by atoms with Crippen LogP contribution in [-0.2, 0) is 30.4 Å². The lowest BCUT2D eigenvalue weighted by Gasteiger charge is -2.19. The van der Waals surface area contributed by atoms with Crippen LogP contribution in [0.15, 0.2) is 54.6 Å². The number of hydrogen-bond donors (Lipinski definition) is 4. The maximum atomic E-state index is 12.5. The number of nitrogens with one attached hydrogen (secondary N) is 1. The molecule has 0 radical (unpaired) electrons. The number of ketones is 1. The zero-order valence-electron chi connectivity index (χ0n) is 19.7. The summed E-state index contributed by atoms with van der Waals surface area (Å²) >= 11 is 0. The van der Waals surface area contributed by atoms with Gasteiger partial charge in [0.15, 0.2) is 5.78 Å². The Kier molecular flexibility index (Phi) is 13.1. The van der Waals surface area contributed by atoms with Crippen molar-refractivity contribution in [2.45, 2.75) is 51.5 Å². The van der Waals surface area contributed by atoms with Gasteiger partial charge < -0.3 is 21.3 Å². The van der Waals surface area contributed by atoms with Crippen LogP contribution in [0.5, 0.6) is 0 Å². The Balaban J connectivity index is 0.00000194. The number of primary amides is 1. The molecule has 2 amide bonds. The Morgan fingerprint density at radius 1 is 0.971 bits per heavy atom. The molecule has 9 heteroatoms. The minimum absolute atomic E-state index is 0.000234. The van der Waals surface area contributed by atoms with Gasteiger partial charge in [0.2, 0.25) is 11.8 Å². The van der Waals surface area contributed by atoms with E-state index < -0.39 is 23.8 Å². The summed E-state index contributed by atoms with van der Waals surface area (Å²) < 4.78 is 0. The Labute approximate surface area is 204 Å². The topological polar surface area (TPSA) is 164 Å². The number of rotatable bonds is 13. The van der Waals surface area contributed by atoms with Crippen molar-refractivity contribution in [2.24, 2.45) is 11.7 Å². The third-order valence-corrected chi connectivity index (χ3v) is 5.39. The number of carboxylic acids is 1. The van der Waals surface area contributed by atoms with Gasteiger partial charge in [0.1, 0.15) is 0 Å². The number of carbonyl (C=O) groups excluding carboxylic acids is 3. The fraction of sp³-hybridized carbons (Fsp3) is 0.346. The van der Waals surface area contributed by atoms with Gasteiger partial charge in [0.25, 0.3) is 6.47 Å². The van der Waals surface area contributed by atoms with Crippen LogP contribution in [-0.4, -0.2) is 46.3 Å². The second kappa shape index (κ2) is 15.8. The fourth-order valence-electron chi connectivity index (χ4n) is 3.46. The quantitative estimate of drug-likeness (QED) is 0.317. The molecule has 0 unspecified atom stereocenters. The Morgan fingerprint density at radius 3 is 2.06 bits per heavy atom. The molecule has 0 aliphatic heterocycles. The average Bonchev–Trinajstić information content (AvgIpc) is 2.84. The lowest BCUT2D eigenvalue weighted by atomic mass is 9.92. The summed E-state index contributed by atoms with van der Waals surface area (Å²) in [5.74, 6) is -3.19. The van der Waals surface area contributed by atoms with E-state index >= 15 is 0 Å². The lowest BCUT2D eigenvalue weighted by molar-refractivity contribution is -0.138. The highest BCUT2D eigenvalue weighted by Gasteiger charge is 2.25. The zero-order chi connectivity index (χ0) is 26.2. The number of amides is 2. The third-order valence-electron chi connectivity index (χ3n) is 5.39. The van der Waals surface area contributed by atoms with Crippen LogP contribution < -0.4 is 11.1 Å². The van der Waals surface area contributed by atoms with Gasteiger partial charge in [0, 0.05) is 25.2 Å². The van der Waals surface area contributed by atoms with Crippen molar-refractivity contribution in [2.75, 3.05) is 0 Å². The molecule has 2 aromatic carbocycles. The molecule has 0 spiro atoms. The van der Waals surface area contributed by atoms with Crippen LogP contribution >= 0.6 is 0 Å². The van der Waals surface area contributed by atoms with Crippen molar-refractivity contribution < 1.29 is 34.2 Å². The maximum Gasteiger partial charge on any atom is 0.303 e. The molecular formula is C26H32N2O7. The van der Waals surface area contributed by atoms with Crippen LogP contribution in [0.25, 0.3) is 11.1 Å². The number of nitrogens with two attached hydrogens (primary N) is 1. The molecular weight excluding hydrogens is 452 g/mol. The summed E-state index contributed by atoms with van der Waals surface area (Å²) in [6, 6.07) is 17.3. The molecule has 0 aromatic heterocycles. The van der Waals surface area contributed by atoms with E-state index in [4.69, 9.17) is 20.7 Å². The molecule has 9 nitrogen and oxygen atoms in total. The normalized spacial score (nSPS) is 11.8. The minimum atomic E-state index is -1.05. The first-order chi connectivity index (χ1) is 16.7. The largest absolute Gasteiger partial charge is 0.483 e. The van der Waals surface area contributed by atoms with Gasteiger partial charge in [-0.15, -0.1) is 0 Å². The highest BCUT2D eigenvalue weighted by molar-refractivity contribution is 5.92. The number of aliphatic carboxylic acids is 1. The SMILES string of the molecule is CC[C@H](NC(=O)CCc1ccc(-c2ccccc2)cc1)C(=O)C[C@@H](CCC(=O)O)C(N)=O.O=CO. The molecule has 188 valence electrons. The predicted octanol–water partition coefficient (Wildman–Crippen LogP) is 2.81. The highest BCUT2D eigenvalue weighted by Crippen LogP contribution is 2.20. The average molecular weight is 485 g/mol. The minimum Gasteiger partial charge on any atom is -0.483 e. The van der Waals surface area contributed by atoms with Gasteiger partial charge in [0.05, 0.1) is 6.04 Å². The maximum absolute atomic E-state index is 12.5. The summed E-state index contributed by atoms with van der Waals surface area (Å²) in [6.07, 6.45) is 0.719. The fourth-order valence-corrected chi connectivity index (χ4v) is 3.46. The van der Waals surface area contributed by atoms with Gasteiger partial charge in [-0.2, -0.15) is 0 Å². The van der Waals surface area contributed by atoms with Crippen molar-refractivity contribution >= 4 is 30.0 Å². The van der Waals surface area contributed by atoms with Gasteiger partial charge >= 0.3 is 5.97 Å². The molecule has 5 N–H and O–H groups in total. The van der Waals surface area contributed by atoms with Gasteiger partial charge in [-0.25, -0.2) is 0 Å². The Bertz CT molecular complexity index is 975. The van der Waals surface area contributed by atoms with Crippen molar-refractivity contribution in [1.29, 1.82) is 0 Å². The molecule has 0 fully saturated rings. The van der Waals surface area contributed by atoms with Crippen molar-refractivity contribution in [3.8, 4) is 11.1 Å². The van der Waals surface area contributed by atoms with E-state index in [1.54, 1.807) is 6.92 Å². The predicted molar refractivity (Wildman–Crippen MR) is 130 cm³/mol.